The molecule has 5 rings (SSSR count). The summed E-state index contributed by atoms with van der Waals surface area (Å²) >= 11 is 4.61. The van der Waals surface area contributed by atoms with E-state index in [9.17, 15) is 19.2 Å². The van der Waals surface area contributed by atoms with E-state index < -0.39 is 17.1 Å². The van der Waals surface area contributed by atoms with Gasteiger partial charge in [0.15, 0.2) is 0 Å². The number of nitrogens with one attached hydrogen (secondary N) is 2. The largest absolute Gasteiger partial charge is 0.497 e. The summed E-state index contributed by atoms with van der Waals surface area (Å²) in [5.74, 6) is -0.618. The normalized spacial score (nSPS) is 14.7. The molecule has 228 valence electrons. The zero-order chi connectivity index (χ0) is 31.9. The van der Waals surface area contributed by atoms with Crippen molar-refractivity contribution in [1.82, 2.24) is 5.32 Å². The summed E-state index contributed by atoms with van der Waals surface area (Å²) in [6.07, 6.45) is 1.56. The number of amides is 4. The predicted molar refractivity (Wildman–Crippen MR) is 177 cm³/mol. The monoisotopic (exact) mass is 685 g/mol. The molecule has 1 heterocycles. The first kappa shape index (κ1) is 31.6. The summed E-state index contributed by atoms with van der Waals surface area (Å²) in [6.45, 7) is 0. The Morgan fingerprint density at radius 1 is 0.911 bits per heavy atom. The third kappa shape index (κ3) is 7.62. The Labute approximate surface area is 272 Å². The smallest absolute Gasteiger partial charge is 0.272 e. The first-order valence-corrected chi connectivity index (χ1v) is 15.4. The lowest BCUT2D eigenvalue weighted by Gasteiger charge is -2.15. The van der Waals surface area contributed by atoms with E-state index in [-0.39, 0.29) is 23.9 Å². The SMILES string of the molecule is COc1ccc(OC)c(C=C(NC(=O)c2ccccc2)C(=O)Nc2cccc(SC3CC(=O)N(c4ccc(Br)cc4)C3=O)c2)c1. The Hall–Kier alpha value is -4.87. The lowest BCUT2D eigenvalue weighted by atomic mass is 10.1. The maximum Gasteiger partial charge on any atom is 0.272 e. The van der Waals surface area contributed by atoms with E-state index in [0.717, 1.165) is 4.47 Å². The Balaban J connectivity index is 1.37. The number of imide groups is 1. The standard InChI is InChI=1S/C34H28BrN3O6S/c1-43-26-15-16-29(44-2)22(17-26)18-28(37-32(40)21-7-4-3-5-8-21)33(41)36-24-9-6-10-27(19-24)45-30-20-31(39)38(34(30)42)25-13-11-23(35)12-14-25/h3-19,30H,20H2,1-2H3,(H,36,41)(H,37,40). The topological polar surface area (TPSA) is 114 Å². The maximum atomic E-state index is 13.6. The maximum absolute atomic E-state index is 13.6. The molecule has 1 fully saturated rings. The molecule has 0 aromatic heterocycles. The van der Waals surface area contributed by atoms with Crippen molar-refractivity contribution in [1.29, 1.82) is 0 Å². The summed E-state index contributed by atoms with van der Waals surface area (Å²) in [4.78, 5) is 54.5. The Bertz CT molecular complexity index is 1780. The number of halogens is 1. The number of carbonyl (C=O) groups is 4. The van der Waals surface area contributed by atoms with Gasteiger partial charge in [0.1, 0.15) is 17.2 Å². The van der Waals surface area contributed by atoms with Gasteiger partial charge >= 0.3 is 0 Å². The fraction of sp³-hybridized carbons (Fsp3) is 0.118. The van der Waals surface area contributed by atoms with Crippen LogP contribution in [0, 0.1) is 0 Å². The molecule has 1 aliphatic rings. The highest BCUT2D eigenvalue weighted by atomic mass is 79.9. The van der Waals surface area contributed by atoms with Crippen LogP contribution in [0.3, 0.4) is 0 Å². The molecule has 4 aromatic rings. The molecule has 9 nitrogen and oxygen atoms in total. The number of nitrogens with zero attached hydrogens (tertiary/aromatic N) is 1. The summed E-state index contributed by atoms with van der Waals surface area (Å²) in [7, 11) is 3.03. The average molecular weight is 687 g/mol. The van der Waals surface area contributed by atoms with E-state index in [2.05, 4.69) is 26.6 Å². The molecule has 0 radical (unpaired) electrons. The molecule has 2 N–H and O–H groups in total. The van der Waals surface area contributed by atoms with Gasteiger partial charge < -0.3 is 20.1 Å². The molecule has 0 aliphatic carbocycles. The highest BCUT2D eigenvalue weighted by Gasteiger charge is 2.40. The van der Waals surface area contributed by atoms with E-state index in [1.807, 2.05) is 0 Å². The second kappa shape index (κ2) is 14.3. The van der Waals surface area contributed by atoms with Crippen LogP contribution in [0.5, 0.6) is 11.5 Å². The van der Waals surface area contributed by atoms with Crippen LogP contribution < -0.4 is 25.0 Å². The number of carbonyl (C=O) groups excluding carboxylic acids is 4. The number of rotatable bonds is 10. The van der Waals surface area contributed by atoms with Gasteiger partial charge in [-0.3, -0.25) is 19.2 Å². The molecule has 0 spiro atoms. The van der Waals surface area contributed by atoms with Crippen molar-refractivity contribution < 1.29 is 28.7 Å². The van der Waals surface area contributed by atoms with Gasteiger partial charge in [0, 0.05) is 32.6 Å². The van der Waals surface area contributed by atoms with Crippen LogP contribution in [0.4, 0.5) is 11.4 Å². The minimum atomic E-state index is -0.617. The number of methoxy groups -OCH3 is 2. The second-order valence-electron chi connectivity index (χ2n) is 9.82. The zero-order valence-electron chi connectivity index (χ0n) is 24.3. The molecule has 4 amide bonds. The number of thioether (sulfide) groups is 1. The van der Waals surface area contributed by atoms with Crippen LogP contribution in [-0.2, 0) is 14.4 Å². The molecular weight excluding hydrogens is 658 g/mol. The van der Waals surface area contributed by atoms with Gasteiger partial charge in [0.25, 0.3) is 11.8 Å². The van der Waals surface area contributed by atoms with Gasteiger partial charge in [-0.1, -0.05) is 40.2 Å². The van der Waals surface area contributed by atoms with Crippen molar-refractivity contribution in [3.8, 4) is 11.5 Å². The van der Waals surface area contributed by atoms with E-state index in [4.69, 9.17) is 9.47 Å². The molecule has 45 heavy (non-hydrogen) atoms. The summed E-state index contributed by atoms with van der Waals surface area (Å²) in [5.41, 5.74) is 1.81. The van der Waals surface area contributed by atoms with Gasteiger partial charge in [-0.25, -0.2) is 4.90 Å². The Morgan fingerprint density at radius 2 is 1.67 bits per heavy atom. The molecular formula is C34H28BrN3O6S. The lowest BCUT2D eigenvalue weighted by molar-refractivity contribution is -0.121. The average Bonchev–Trinajstić information content (AvgIpc) is 3.33. The van der Waals surface area contributed by atoms with Gasteiger partial charge in [0.2, 0.25) is 11.8 Å². The number of hydrogen-bond donors (Lipinski definition) is 2. The molecule has 1 unspecified atom stereocenters. The Kier molecular flexibility index (Phi) is 10.0. The van der Waals surface area contributed by atoms with E-state index >= 15 is 0 Å². The van der Waals surface area contributed by atoms with Crippen molar-refractivity contribution in [2.75, 3.05) is 24.4 Å². The molecule has 4 aromatic carbocycles. The zero-order valence-corrected chi connectivity index (χ0v) is 26.7. The highest BCUT2D eigenvalue weighted by Crippen LogP contribution is 2.35. The summed E-state index contributed by atoms with van der Waals surface area (Å²) in [5, 5.41) is 4.94. The van der Waals surface area contributed by atoms with Crippen LogP contribution >= 0.6 is 27.7 Å². The molecule has 0 bridgehead atoms. The highest BCUT2D eigenvalue weighted by molar-refractivity contribution is 9.10. The van der Waals surface area contributed by atoms with Crippen LogP contribution in [0.2, 0.25) is 0 Å². The van der Waals surface area contributed by atoms with Crippen molar-refractivity contribution in [3.05, 3.63) is 118 Å². The van der Waals surface area contributed by atoms with Crippen molar-refractivity contribution in [2.24, 2.45) is 0 Å². The molecule has 1 atom stereocenters. The van der Waals surface area contributed by atoms with Gasteiger partial charge in [-0.15, -0.1) is 11.8 Å². The quantitative estimate of drug-likeness (QED) is 0.149. The number of benzene rings is 4. The van der Waals surface area contributed by atoms with Gasteiger partial charge in [0.05, 0.1) is 25.2 Å². The number of hydrogen-bond acceptors (Lipinski definition) is 7. The van der Waals surface area contributed by atoms with Crippen molar-refractivity contribution in [3.63, 3.8) is 0 Å². The summed E-state index contributed by atoms with van der Waals surface area (Å²) in [6, 6.07) is 27.6. The minimum absolute atomic E-state index is 0.0323. The number of anilines is 2. The van der Waals surface area contributed by atoms with Crippen LogP contribution in [-0.4, -0.2) is 43.1 Å². The lowest BCUT2D eigenvalue weighted by Crippen LogP contribution is -2.31. The molecule has 0 saturated carbocycles. The molecule has 1 saturated heterocycles. The van der Waals surface area contributed by atoms with Gasteiger partial charge in [-0.05, 0) is 78.9 Å². The molecule has 1 aliphatic heterocycles. The van der Waals surface area contributed by atoms with Crippen LogP contribution in [0.1, 0.15) is 22.3 Å². The predicted octanol–water partition coefficient (Wildman–Crippen LogP) is 6.30. The third-order valence-electron chi connectivity index (χ3n) is 6.83. The second-order valence-corrected chi connectivity index (χ2v) is 12.0. The summed E-state index contributed by atoms with van der Waals surface area (Å²) < 4.78 is 11.6. The first-order valence-electron chi connectivity index (χ1n) is 13.8. The number of ether oxygens (including phenoxy) is 2. The first-order chi connectivity index (χ1) is 21.7. The Morgan fingerprint density at radius 3 is 2.38 bits per heavy atom. The van der Waals surface area contributed by atoms with Crippen LogP contribution in [0.15, 0.2) is 112 Å². The fourth-order valence-electron chi connectivity index (χ4n) is 4.62. The van der Waals surface area contributed by atoms with Crippen molar-refractivity contribution in [2.45, 2.75) is 16.6 Å². The third-order valence-corrected chi connectivity index (χ3v) is 8.53. The van der Waals surface area contributed by atoms with E-state index in [1.54, 1.807) is 97.1 Å². The fourth-order valence-corrected chi connectivity index (χ4v) is 5.99. The molecule has 11 heteroatoms. The minimum Gasteiger partial charge on any atom is -0.497 e. The van der Waals surface area contributed by atoms with Crippen molar-refractivity contribution >= 4 is 68.8 Å². The van der Waals surface area contributed by atoms with Gasteiger partial charge in [-0.2, -0.15) is 0 Å². The van der Waals surface area contributed by atoms with E-state index in [0.29, 0.717) is 38.9 Å². The van der Waals surface area contributed by atoms with E-state index in [1.165, 1.54) is 37.0 Å². The van der Waals surface area contributed by atoms with Crippen LogP contribution in [0.25, 0.3) is 6.08 Å².